The minimum atomic E-state index is -4.72. The van der Waals surface area contributed by atoms with Crippen molar-refractivity contribution in [2.75, 3.05) is 18.6 Å². The third-order valence-electron chi connectivity index (χ3n) is 6.08. The quantitative estimate of drug-likeness (QED) is 0.227. The number of alkyl halides is 3. The molecule has 7 nitrogen and oxygen atoms in total. The standard InChI is InChI=1S/C24H24F4N4O3/c1-13(2)31-17(11-19(29-31)24(26,27)28)20-14(25)10-18(35-5)22-21(20)23(3,4)12-30(22)15-8-6-7-9-16(15)32(33)34/h6-11,13H,12H2,1-5H3. The number of ether oxygens (including phenoxy) is 1. The molecule has 0 bridgehead atoms. The molecule has 0 radical (unpaired) electrons. The first-order valence-corrected chi connectivity index (χ1v) is 10.9. The van der Waals surface area contributed by atoms with Crippen LogP contribution in [-0.2, 0) is 11.6 Å². The molecular weight excluding hydrogens is 468 g/mol. The molecule has 11 heteroatoms. The normalized spacial score (nSPS) is 15.0. The highest BCUT2D eigenvalue weighted by atomic mass is 19.4. The van der Waals surface area contributed by atoms with E-state index >= 15 is 4.39 Å². The summed E-state index contributed by atoms with van der Waals surface area (Å²) in [4.78, 5) is 12.9. The molecule has 186 valence electrons. The topological polar surface area (TPSA) is 73.4 Å². The maximum absolute atomic E-state index is 15.7. The Morgan fingerprint density at radius 2 is 1.86 bits per heavy atom. The Kier molecular flexibility index (Phi) is 5.77. The summed E-state index contributed by atoms with van der Waals surface area (Å²) in [6.07, 6.45) is -4.72. The van der Waals surface area contributed by atoms with Crippen LogP contribution in [-0.4, -0.2) is 28.4 Å². The van der Waals surface area contributed by atoms with E-state index in [0.717, 1.165) is 16.8 Å². The number of para-hydroxylation sites is 2. The zero-order valence-electron chi connectivity index (χ0n) is 19.8. The van der Waals surface area contributed by atoms with E-state index in [9.17, 15) is 23.3 Å². The molecule has 0 fully saturated rings. The van der Waals surface area contributed by atoms with Gasteiger partial charge in [0.05, 0.1) is 23.4 Å². The number of halogens is 4. The zero-order valence-corrected chi connectivity index (χ0v) is 19.8. The molecule has 1 aromatic heterocycles. The third-order valence-corrected chi connectivity index (χ3v) is 6.08. The lowest BCUT2D eigenvalue weighted by Crippen LogP contribution is -2.26. The van der Waals surface area contributed by atoms with E-state index in [0.29, 0.717) is 11.3 Å². The molecule has 0 amide bonds. The average molecular weight is 492 g/mol. The summed E-state index contributed by atoms with van der Waals surface area (Å²) in [6.45, 7) is 7.14. The van der Waals surface area contributed by atoms with E-state index in [2.05, 4.69) is 5.10 Å². The lowest BCUT2D eigenvalue weighted by molar-refractivity contribution is -0.384. The van der Waals surface area contributed by atoms with Crippen molar-refractivity contribution in [1.29, 1.82) is 0 Å². The van der Waals surface area contributed by atoms with E-state index < -0.39 is 34.1 Å². The first kappa shape index (κ1) is 24.5. The molecule has 3 aromatic rings. The Labute approximate surface area is 199 Å². The predicted molar refractivity (Wildman–Crippen MR) is 123 cm³/mol. The van der Waals surface area contributed by atoms with Gasteiger partial charge >= 0.3 is 6.18 Å². The number of rotatable bonds is 5. The number of nitrogens with zero attached hydrogens (tertiary/aromatic N) is 4. The monoisotopic (exact) mass is 492 g/mol. The number of hydrogen-bond acceptors (Lipinski definition) is 5. The van der Waals surface area contributed by atoms with E-state index in [-0.39, 0.29) is 34.9 Å². The van der Waals surface area contributed by atoms with Crippen molar-refractivity contribution in [3.63, 3.8) is 0 Å². The molecule has 1 aliphatic heterocycles. The molecule has 0 atom stereocenters. The van der Waals surface area contributed by atoms with Gasteiger partial charge in [-0.2, -0.15) is 18.3 Å². The summed E-state index contributed by atoms with van der Waals surface area (Å²) < 4.78 is 62.9. The molecule has 0 saturated carbocycles. The minimum absolute atomic E-state index is 0.0267. The van der Waals surface area contributed by atoms with Crippen molar-refractivity contribution >= 4 is 17.1 Å². The van der Waals surface area contributed by atoms with Crippen LogP contribution < -0.4 is 9.64 Å². The molecule has 0 unspecified atom stereocenters. The largest absolute Gasteiger partial charge is 0.494 e. The first-order valence-electron chi connectivity index (χ1n) is 10.9. The second-order valence-corrected chi connectivity index (χ2v) is 9.33. The van der Waals surface area contributed by atoms with Crippen LogP contribution in [0.4, 0.5) is 34.6 Å². The number of aromatic nitrogens is 2. The number of nitro benzene ring substituents is 1. The Hall–Kier alpha value is -3.63. The highest BCUT2D eigenvalue weighted by Crippen LogP contribution is 2.55. The van der Waals surface area contributed by atoms with Gasteiger partial charge < -0.3 is 9.64 Å². The fourth-order valence-electron chi connectivity index (χ4n) is 4.67. The van der Waals surface area contributed by atoms with Crippen LogP contribution in [0.2, 0.25) is 0 Å². The second-order valence-electron chi connectivity index (χ2n) is 9.33. The Balaban J connectivity index is 2.08. The van der Waals surface area contributed by atoms with Crippen LogP contribution >= 0.6 is 0 Å². The number of nitro groups is 1. The summed E-state index contributed by atoms with van der Waals surface area (Å²) in [6, 6.07) is 7.57. The Morgan fingerprint density at radius 3 is 2.43 bits per heavy atom. The van der Waals surface area contributed by atoms with Crippen LogP contribution in [0.25, 0.3) is 11.3 Å². The highest BCUT2D eigenvalue weighted by Gasteiger charge is 2.45. The van der Waals surface area contributed by atoms with Gasteiger partial charge in [-0.25, -0.2) is 4.39 Å². The van der Waals surface area contributed by atoms with Gasteiger partial charge in [0, 0.05) is 35.7 Å². The van der Waals surface area contributed by atoms with Crippen LogP contribution in [0, 0.1) is 15.9 Å². The molecular formula is C24H24F4N4O3. The van der Waals surface area contributed by atoms with Gasteiger partial charge in [0.15, 0.2) is 5.69 Å². The fraction of sp³-hybridized carbons (Fsp3) is 0.375. The van der Waals surface area contributed by atoms with E-state index in [1.54, 1.807) is 30.9 Å². The van der Waals surface area contributed by atoms with Crippen molar-refractivity contribution in [3.05, 3.63) is 63.6 Å². The molecule has 4 rings (SSSR count). The van der Waals surface area contributed by atoms with Crippen molar-refractivity contribution in [1.82, 2.24) is 9.78 Å². The van der Waals surface area contributed by atoms with E-state index in [1.807, 2.05) is 13.8 Å². The van der Waals surface area contributed by atoms with Crippen molar-refractivity contribution in [3.8, 4) is 17.0 Å². The lowest BCUT2D eigenvalue weighted by Gasteiger charge is -2.23. The van der Waals surface area contributed by atoms with Crippen LogP contribution in [0.15, 0.2) is 36.4 Å². The van der Waals surface area contributed by atoms with Gasteiger partial charge in [0.2, 0.25) is 0 Å². The number of fused-ring (bicyclic) bond motifs is 1. The first-order chi connectivity index (χ1) is 16.3. The van der Waals surface area contributed by atoms with Crippen molar-refractivity contribution in [2.24, 2.45) is 0 Å². The SMILES string of the molecule is COc1cc(F)c(-c2cc(C(F)(F)F)nn2C(C)C)c2c1N(c1ccccc1[N+](=O)[O-])CC2(C)C. The molecule has 2 heterocycles. The summed E-state index contributed by atoms with van der Waals surface area (Å²) in [5.41, 5.74) is -1.13. The summed E-state index contributed by atoms with van der Waals surface area (Å²) in [7, 11) is 1.34. The number of benzene rings is 2. The summed E-state index contributed by atoms with van der Waals surface area (Å²) >= 11 is 0. The van der Waals surface area contributed by atoms with Crippen LogP contribution in [0.1, 0.15) is 45.0 Å². The smallest absolute Gasteiger partial charge is 0.435 e. The molecule has 0 N–H and O–H groups in total. The Morgan fingerprint density at radius 1 is 1.20 bits per heavy atom. The van der Waals surface area contributed by atoms with Crippen LogP contribution in [0.3, 0.4) is 0 Å². The zero-order chi connectivity index (χ0) is 25.9. The molecule has 0 spiro atoms. The van der Waals surface area contributed by atoms with Crippen LogP contribution in [0.5, 0.6) is 5.75 Å². The second kappa shape index (κ2) is 8.24. The molecule has 35 heavy (non-hydrogen) atoms. The number of methoxy groups -OCH3 is 1. The maximum atomic E-state index is 15.7. The fourth-order valence-corrected chi connectivity index (χ4v) is 4.67. The average Bonchev–Trinajstić information content (AvgIpc) is 3.33. The Bertz CT molecular complexity index is 1310. The number of anilines is 2. The maximum Gasteiger partial charge on any atom is 0.435 e. The molecule has 2 aromatic carbocycles. The summed E-state index contributed by atoms with van der Waals surface area (Å²) in [5, 5.41) is 15.5. The molecule has 1 aliphatic rings. The van der Waals surface area contributed by atoms with Gasteiger partial charge in [-0.1, -0.05) is 26.0 Å². The van der Waals surface area contributed by atoms with E-state index in [1.165, 1.54) is 19.2 Å². The number of hydrogen-bond donors (Lipinski definition) is 0. The van der Waals surface area contributed by atoms with Gasteiger partial charge in [-0.3, -0.25) is 14.8 Å². The van der Waals surface area contributed by atoms with Crippen molar-refractivity contribution in [2.45, 2.75) is 45.3 Å². The summed E-state index contributed by atoms with van der Waals surface area (Å²) in [5.74, 6) is -0.648. The van der Waals surface area contributed by atoms with E-state index in [4.69, 9.17) is 4.74 Å². The highest BCUT2D eigenvalue weighted by molar-refractivity contribution is 5.88. The van der Waals surface area contributed by atoms with Gasteiger partial charge in [0.1, 0.15) is 17.3 Å². The third kappa shape index (κ3) is 3.98. The molecule has 0 saturated heterocycles. The lowest BCUT2D eigenvalue weighted by atomic mass is 9.82. The molecule has 0 aliphatic carbocycles. The van der Waals surface area contributed by atoms with Crippen molar-refractivity contribution < 1.29 is 27.2 Å². The predicted octanol–water partition coefficient (Wildman–Crippen LogP) is 6.64. The minimum Gasteiger partial charge on any atom is -0.494 e. The van der Waals surface area contributed by atoms with Gasteiger partial charge in [0.25, 0.3) is 5.69 Å². The van der Waals surface area contributed by atoms with Gasteiger partial charge in [-0.05, 0) is 31.5 Å². The van der Waals surface area contributed by atoms with Gasteiger partial charge in [-0.15, -0.1) is 0 Å².